The highest BCUT2D eigenvalue weighted by atomic mass is 14.4. The molecule has 0 nitrogen and oxygen atoms in total. The molecule has 6 aromatic carbocycles. The zero-order valence-corrected chi connectivity index (χ0v) is 27.4. The monoisotopic (exact) mass is 582 g/mol. The highest BCUT2D eigenvalue weighted by molar-refractivity contribution is 5.87. The third-order valence-electron chi connectivity index (χ3n) is 10.4. The summed E-state index contributed by atoms with van der Waals surface area (Å²) < 4.78 is 0. The van der Waals surface area contributed by atoms with Gasteiger partial charge in [-0.3, -0.25) is 0 Å². The molecule has 0 N–H and O–H groups in total. The van der Waals surface area contributed by atoms with Crippen molar-refractivity contribution in [2.24, 2.45) is 0 Å². The summed E-state index contributed by atoms with van der Waals surface area (Å²) in [7, 11) is 0. The van der Waals surface area contributed by atoms with Gasteiger partial charge in [-0.05, 0) is 122 Å². The minimum atomic E-state index is -0.177. The zero-order chi connectivity index (χ0) is 31.3. The van der Waals surface area contributed by atoms with E-state index in [4.69, 9.17) is 0 Å². The van der Waals surface area contributed by atoms with Crippen LogP contribution in [0, 0.1) is 13.8 Å². The van der Waals surface area contributed by atoms with Crippen molar-refractivity contribution in [3.05, 3.63) is 178 Å². The first-order valence-electron chi connectivity index (χ1n) is 16.2. The zero-order valence-electron chi connectivity index (χ0n) is 27.4. The van der Waals surface area contributed by atoms with Crippen LogP contribution in [0.4, 0.5) is 0 Å². The van der Waals surface area contributed by atoms with Gasteiger partial charge in [0.25, 0.3) is 0 Å². The first-order chi connectivity index (χ1) is 21.7. The Morgan fingerprint density at radius 3 is 1.11 bits per heavy atom. The van der Waals surface area contributed by atoms with E-state index >= 15 is 0 Å². The molecule has 0 aromatic heterocycles. The number of fused-ring (bicyclic) bond motifs is 3. The van der Waals surface area contributed by atoms with E-state index in [-0.39, 0.29) is 10.8 Å². The normalized spacial score (nSPS) is 12.6. The Morgan fingerprint density at radius 2 is 0.733 bits per heavy atom. The summed E-state index contributed by atoms with van der Waals surface area (Å²) in [6.45, 7) is 14.0. The van der Waals surface area contributed by atoms with Crippen LogP contribution < -0.4 is 0 Å². The highest BCUT2D eigenvalue weighted by Gasteiger charge is 2.33. The molecule has 0 saturated heterocycles. The molecule has 0 aliphatic heterocycles. The molecule has 0 heteroatoms. The number of rotatable bonds is 6. The fourth-order valence-electron chi connectivity index (χ4n) is 7.54. The lowest BCUT2D eigenvalue weighted by molar-refractivity contribution is 0.642. The largest absolute Gasteiger partial charge is 0.0622 e. The Balaban J connectivity index is 1.50. The molecule has 0 heterocycles. The minimum Gasteiger partial charge on any atom is -0.0622 e. The van der Waals surface area contributed by atoms with Crippen molar-refractivity contribution in [3.8, 4) is 33.4 Å². The second-order valence-electron chi connectivity index (χ2n) is 13.9. The molecule has 45 heavy (non-hydrogen) atoms. The summed E-state index contributed by atoms with van der Waals surface area (Å²) >= 11 is 0. The molecule has 0 saturated carbocycles. The van der Waals surface area contributed by atoms with Crippen LogP contribution in [0.15, 0.2) is 133 Å². The standard InChI is InChI=1S/C45H42/c1-30-17-13-15-23-36(30)40-26-32-25-33-27-41(37-24-16-14-18-31(37)2)43(45(5,6)35-21-11-8-12-22-35)29-39(33)38(32)28-42(40)44(3,4)34-19-9-7-10-20-34/h7-24,26-29H,25H2,1-6H3. The minimum absolute atomic E-state index is 0.177. The summed E-state index contributed by atoms with van der Waals surface area (Å²) in [6, 6.07) is 49.8. The van der Waals surface area contributed by atoms with Gasteiger partial charge >= 0.3 is 0 Å². The van der Waals surface area contributed by atoms with Crippen LogP contribution in [0.25, 0.3) is 33.4 Å². The molecule has 0 atom stereocenters. The van der Waals surface area contributed by atoms with Crippen molar-refractivity contribution >= 4 is 0 Å². The third kappa shape index (κ3) is 4.94. The van der Waals surface area contributed by atoms with Crippen LogP contribution in [0.3, 0.4) is 0 Å². The van der Waals surface area contributed by atoms with Gasteiger partial charge in [0.05, 0.1) is 0 Å². The van der Waals surface area contributed by atoms with Crippen LogP contribution in [-0.4, -0.2) is 0 Å². The molecule has 6 aromatic rings. The lowest BCUT2D eigenvalue weighted by atomic mass is 9.72. The summed E-state index contributed by atoms with van der Waals surface area (Å²) in [5.74, 6) is 0. The van der Waals surface area contributed by atoms with E-state index in [0.717, 1.165) is 6.42 Å². The Bertz CT molecular complexity index is 1870. The average molecular weight is 583 g/mol. The third-order valence-corrected chi connectivity index (χ3v) is 10.4. The molecule has 0 amide bonds. The van der Waals surface area contributed by atoms with Gasteiger partial charge in [0.2, 0.25) is 0 Å². The lowest BCUT2D eigenvalue weighted by Crippen LogP contribution is -2.21. The first-order valence-corrected chi connectivity index (χ1v) is 16.2. The fourth-order valence-corrected chi connectivity index (χ4v) is 7.54. The summed E-state index contributed by atoms with van der Waals surface area (Å²) in [6.07, 6.45) is 0.945. The molecule has 1 aliphatic carbocycles. The molecule has 222 valence electrons. The van der Waals surface area contributed by atoms with Gasteiger partial charge in [-0.15, -0.1) is 0 Å². The molecule has 0 radical (unpaired) electrons. The molecule has 1 aliphatic rings. The highest BCUT2D eigenvalue weighted by Crippen LogP contribution is 2.49. The van der Waals surface area contributed by atoms with E-state index in [1.165, 1.54) is 77.9 Å². The molecule has 7 rings (SSSR count). The van der Waals surface area contributed by atoms with E-state index in [9.17, 15) is 0 Å². The lowest BCUT2D eigenvalue weighted by Gasteiger charge is -2.31. The van der Waals surface area contributed by atoms with Crippen LogP contribution >= 0.6 is 0 Å². The predicted octanol–water partition coefficient (Wildman–Crippen LogP) is 11.9. The van der Waals surface area contributed by atoms with E-state index in [2.05, 4.69) is 175 Å². The molecule has 0 fully saturated rings. The summed E-state index contributed by atoms with van der Waals surface area (Å²) in [5, 5.41) is 0. The topological polar surface area (TPSA) is 0 Å². The van der Waals surface area contributed by atoms with Crippen molar-refractivity contribution in [1.82, 2.24) is 0 Å². The quantitative estimate of drug-likeness (QED) is 0.183. The maximum absolute atomic E-state index is 2.53. The van der Waals surface area contributed by atoms with Gasteiger partial charge < -0.3 is 0 Å². The van der Waals surface area contributed by atoms with E-state index in [1.54, 1.807) is 0 Å². The SMILES string of the molecule is Cc1ccccc1-c1cc2c(cc1C(C)(C)c1ccccc1)-c1cc(C(C)(C)c3ccccc3)c(-c3ccccc3C)cc1C2. The Morgan fingerprint density at radius 1 is 0.378 bits per heavy atom. The molecule has 0 spiro atoms. The van der Waals surface area contributed by atoms with Gasteiger partial charge in [-0.1, -0.05) is 137 Å². The molecular formula is C45H42. The Kier molecular flexibility index (Phi) is 7.13. The van der Waals surface area contributed by atoms with Crippen LogP contribution in [-0.2, 0) is 17.3 Å². The first kappa shape index (κ1) is 29.1. The second-order valence-corrected chi connectivity index (χ2v) is 13.9. The van der Waals surface area contributed by atoms with E-state index < -0.39 is 0 Å². The van der Waals surface area contributed by atoms with Crippen LogP contribution in [0.2, 0.25) is 0 Å². The van der Waals surface area contributed by atoms with Gasteiger partial charge in [-0.2, -0.15) is 0 Å². The summed E-state index contributed by atoms with van der Waals surface area (Å²) in [4.78, 5) is 0. The van der Waals surface area contributed by atoms with Crippen LogP contribution in [0.1, 0.15) is 72.2 Å². The summed E-state index contributed by atoms with van der Waals surface area (Å²) in [5.41, 5.74) is 18.6. The maximum Gasteiger partial charge on any atom is 0.0152 e. The molecule has 0 bridgehead atoms. The number of aryl methyl sites for hydroxylation is 2. The van der Waals surface area contributed by atoms with Gasteiger partial charge in [0, 0.05) is 10.8 Å². The van der Waals surface area contributed by atoms with Crippen LogP contribution in [0.5, 0.6) is 0 Å². The van der Waals surface area contributed by atoms with Gasteiger partial charge in [0.15, 0.2) is 0 Å². The fraction of sp³-hybridized carbons (Fsp3) is 0.200. The second kappa shape index (κ2) is 11.0. The van der Waals surface area contributed by atoms with Gasteiger partial charge in [-0.25, -0.2) is 0 Å². The van der Waals surface area contributed by atoms with E-state index in [0.29, 0.717) is 0 Å². The predicted molar refractivity (Wildman–Crippen MR) is 192 cm³/mol. The van der Waals surface area contributed by atoms with Gasteiger partial charge in [0.1, 0.15) is 0 Å². The number of hydrogen-bond acceptors (Lipinski definition) is 0. The Labute approximate surface area is 269 Å². The van der Waals surface area contributed by atoms with E-state index in [1.807, 2.05) is 0 Å². The number of hydrogen-bond donors (Lipinski definition) is 0. The molecular weight excluding hydrogens is 540 g/mol. The van der Waals surface area contributed by atoms with Crippen molar-refractivity contribution in [1.29, 1.82) is 0 Å². The van der Waals surface area contributed by atoms with Crippen molar-refractivity contribution in [3.63, 3.8) is 0 Å². The average Bonchev–Trinajstić information content (AvgIpc) is 3.41. The van der Waals surface area contributed by atoms with Crippen molar-refractivity contribution in [2.45, 2.75) is 58.8 Å². The molecule has 0 unspecified atom stereocenters. The smallest absolute Gasteiger partial charge is 0.0152 e. The number of benzene rings is 6. The Hall–Kier alpha value is -4.68. The van der Waals surface area contributed by atoms with Crippen molar-refractivity contribution < 1.29 is 0 Å². The van der Waals surface area contributed by atoms with Crippen molar-refractivity contribution in [2.75, 3.05) is 0 Å². The maximum atomic E-state index is 2.53.